The first-order chi connectivity index (χ1) is 14.2. The van der Waals surface area contributed by atoms with Gasteiger partial charge in [0.15, 0.2) is 5.82 Å². The van der Waals surface area contributed by atoms with Crippen molar-refractivity contribution in [2.24, 2.45) is 0 Å². The maximum atomic E-state index is 12.5. The molecule has 0 saturated carbocycles. The molecule has 2 aromatic carbocycles. The van der Waals surface area contributed by atoms with Crippen molar-refractivity contribution in [3.05, 3.63) is 78.5 Å². The van der Waals surface area contributed by atoms with Crippen LogP contribution in [0.15, 0.2) is 72.7 Å². The second kappa shape index (κ2) is 8.26. The third-order valence-electron chi connectivity index (χ3n) is 4.01. The fourth-order valence-electron chi connectivity index (χ4n) is 2.65. The summed E-state index contributed by atoms with van der Waals surface area (Å²) in [6, 6.07) is 18.7. The van der Waals surface area contributed by atoms with Crippen LogP contribution in [0.2, 0.25) is 0 Å². The van der Waals surface area contributed by atoms with E-state index in [1.54, 1.807) is 4.68 Å². The molecular formula is C20H17N5O4. The molecule has 0 spiro atoms. The van der Waals surface area contributed by atoms with Gasteiger partial charge in [-0.2, -0.15) is 0 Å². The quantitative estimate of drug-likeness (QED) is 0.654. The second-order valence-corrected chi connectivity index (χ2v) is 5.98. The molecule has 0 bridgehead atoms. The van der Waals surface area contributed by atoms with Crippen LogP contribution in [0.4, 0.5) is 0 Å². The highest BCUT2D eigenvalue weighted by molar-refractivity contribution is 5.96. The number of rotatable bonds is 4. The van der Waals surface area contributed by atoms with Crippen LogP contribution >= 0.6 is 0 Å². The van der Waals surface area contributed by atoms with Crippen LogP contribution in [-0.4, -0.2) is 39.8 Å². The third-order valence-corrected chi connectivity index (χ3v) is 4.01. The lowest BCUT2D eigenvalue weighted by Crippen LogP contribution is -2.43. The molecule has 1 aromatic heterocycles. The predicted octanol–water partition coefficient (Wildman–Crippen LogP) is 1.58. The van der Waals surface area contributed by atoms with Gasteiger partial charge in [-0.3, -0.25) is 20.4 Å². The standard InChI is InChI=1S/C20H17N5O4/c26-19(16-13-28-11-12-29-16)22-23-20(27)17-21-18(14-7-3-1-4-8-14)25(24-17)15-9-5-2-6-10-15/h1-10,13H,11-12H2,(H,22,26)(H,23,27). The molecule has 29 heavy (non-hydrogen) atoms. The highest BCUT2D eigenvalue weighted by Crippen LogP contribution is 2.20. The molecule has 2 N–H and O–H groups in total. The summed E-state index contributed by atoms with van der Waals surface area (Å²) in [5.41, 5.74) is 6.09. The van der Waals surface area contributed by atoms with E-state index in [1.807, 2.05) is 60.7 Å². The maximum absolute atomic E-state index is 12.5. The van der Waals surface area contributed by atoms with Crippen LogP contribution in [0.25, 0.3) is 17.1 Å². The van der Waals surface area contributed by atoms with Crippen molar-refractivity contribution in [2.75, 3.05) is 13.2 Å². The number of carbonyl (C=O) groups excluding carboxylic acids is 2. The molecule has 0 fully saturated rings. The van der Waals surface area contributed by atoms with Gasteiger partial charge in [0.25, 0.3) is 0 Å². The summed E-state index contributed by atoms with van der Waals surface area (Å²) in [5.74, 6) is -0.918. The van der Waals surface area contributed by atoms with Crippen LogP contribution in [0.5, 0.6) is 0 Å². The Morgan fingerprint density at radius 3 is 2.28 bits per heavy atom. The number of hydrogen-bond donors (Lipinski definition) is 2. The molecule has 2 heterocycles. The van der Waals surface area contributed by atoms with Gasteiger partial charge in [0.1, 0.15) is 19.5 Å². The van der Waals surface area contributed by atoms with Gasteiger partial charge in [-0.15, -0.1) is 5.10 Å². The largest absolute Gasteiger partial charge is 0.494 e. The van der Waals surface area contributed by atoms with Gasteiger partial charge >= 0.3 is 11.8 Å². The van der Waals surface area contributed by atoms with Gasteiger partial charge in [-0.25, -0.2) is 9.67 Å². The zero-order valence-corrected chi connectivity index (χ0v) is 15.2. The van der Waals surface area contributed by atoms with Gasteiger partial charge in [0, 0.05) is 5.56 Å². The number of amides is 2. The number of para-hydroxylation sites is 1. The highest BCUT2D eigenvalue weighted by Gasteiger charge is 2.21. The fraction of sp³-hybridized carbons (Fsp3) is 0.100. The summed E-state index contributed by atoms with van der Waals surface area (Å²) >= 11 is 0. The molecule has 1 aliphatic rings. The Morgan fingerprint density at radius 1 is 0.897 bits per heavy atom. The van der Waals surface area contributed by atoms with Gasteiger partial charge in [-0.05, 0) is 12.1 Å². The van der Waals surface area contributed by atoms with E-state index < -0.39 is 11.8 Å². The summed E-state index contributed by atoms with van der Waals surface area (Å²) in [6.07, 6.45) is 1.20. The number of aromatic nitrogens is 3. The van der Waals surface area contributed by atoms with Gasteiger partial charge in [-0.1, -0.05) is 48.5 Å². The summed E-state index contributed by atoms with van der Waals surface area (Å²) < 4.78 is 11.8. The first-order valence-electron chi connectivity index (χ1n) is 8.85. The highest BCUT2D eigenvalue weighted by atomic mass is 16.6. The van der Waals surface area contributed by atoms with Crippen LogP contribution in [0.3, 0.4) is 0 Å². The lowest BCUT2D eigenvalue weighted by Gasteiger charge is -2.14. The van der Waals surface area contributed by atoms with Crippen LogP contribution < -0.4 is 10.9 Å². The summed E-state index contributed by atoms with van der Waals surface area (Å²) in [5, 5.41) is 4.32. The Morgan fingerprint density at radius 2 is 1.59 bits per heavy atom. The zero-order valence-electron chi connectivity index (χ0n) is 15.2. The number of hydrazine groups is 1. The number of ether oxygens (including phenoxy) is 2. The molecule has 9 nitrogen and oxygen atoms in total. The molecule has 0 aliphatic carbocycles. The van der Waals surface area contributed by atoms with Crippen LogP contribution in [-0.2, 0) is 14.3 Å². The van der Waals surface area contributed by atoms with Gasteiger partial charge in [0.2, 0.25) is 11.6 Å². The minimum Gasteiger partial charge on any atom is -0.494 e. The Bertz CT molecular complexity index is 990. The van der Waals surface area contributed by atoms with Crippen molar-refractivity contribution in [2.45, 2.75) is 0 Å². The molecule has 0 radical (unpaired) electrons. The monoisotopic (exact) mass is 391 g/mol. The first-order valence-corrected chi connectivity index (χ1v) is 8.85. The van der Waals surface area contributed by atoms with Crippen molar-refractivity contribution >= 4 is 11.8 Å². The topological polar surface area (TPSA) is 107 Å². The molecule has 2 amide bonds. The molecule has 1 aliphatic heterocycles. The smallest absolute Gasteiger partial charge is 0.309 e. The number of nitrogens with zero attached hydrogens (tertiary/aromatic N) is 3. The maximum Gasteiger partial charge on any atom is 0.309 e. The molecule has 4 rings (SSSR count). The fourth-order valence-corrected chi connectivity index (χ4v) is 2.65. The van der Waals surface area contributed by atoms with Crippen molar-refractivity contribution in [1.29, 1.82) is 0 Å². The van der Waals surface area contributed by atoms with E-state index >= 15 is 0 Å². The van der Waals surface area contributed by atoms with E-state index in [1.165, 1.54) is 6.26 Å². The predicted molar refractivity (Wildman–Crippen MR) is 102 cm³/mol. The van der Waals surface area contributed by atoms with Crippen molar-refractivity contribution in [1.82, 2.24) is 25.6 Å². The molecule has 0 saturated heterocycles. The van der Waals surface area contributed by atoms with Crippen molar-refractivity contribution in [3.8, 4) is 17.1 Å². The van der Waals surface area contributed by atoms with Crippen LogP contribution in [0.1, 0.15) is 10.6 Å². The lowest BCUT2D eigenvalue weighted by molar-refractivity contribution is -0.123. The summed E-state index contributed by atoms with van der Waals surface area (Å²) in [6.45, 7) is 0.628. The van der Waals surface area contributed by atoms with E-state index in [9.17, 15) is 9.59 Å². The van der Waals surface area contributed by atoms with E-state index in [0.29, 0.717) is 12.4 Å². The second-order valence-electron chi connectivity index (χ2n) is 5.98. The minimum absolute atomic E-state index is 0.0238. The third kappa shape index (κ3) is 4.08. The lowest BCUT2D eigenvalue weighted by atomic mass is 10.2. The van der Waals surface area contributed by atoms with E-state index in [4.69, 9.17) is 9.47 Å². The van der Waals surface area contributed by atoms with Gasteiger partial charge < -0.3 is 9.47 Å². The number of benzene rings is 2. The minimum atomic E-state index is -0.664. The number of hydrogen-bond acceptors (Lipinski definition) is 6. The zero-order chi connectivity index (χ0) is 20.1. The summed E-state index contributed by atoms with van der Waals surface area (Å²) in [7, 11) is 0. The molecule has 146 valence electrons. The Hall–Kier alpha value is -4.14. The van der Waals surface area contributed by atoms with Gasteiger partial charge in [0.05, 0.1) is 5.69 Å². The van der Waals surface area contributed by atoms with Crippen molar-refractivity contribution < 1.29 is 19.1 Å². The molecular weight excluding hydrogens is 374 g/mol. The van der Waals surface area contributed by atoms with Crippen molar-refractivity contribution in [3.63, 3.8) is 0 Å². The average Bonchev–Trinajstić information content (AvgIpc) is 3.25. The number of carbonyl (C=O) groups is 2. The van der Waals surface area contributed by atoms with E-state index in [2.05, 4.69) is 20.9 Å². The molecule has 3 aromatic rings. The number of nitrogens with one attached hydrogen (secondary N) is 2. The van der Waals surface area contributed by atoms with E-state index in [0.717, 1.165) is 11.3 Å². The Labute approximate surface area is 165 Å². The Balaban J connectivity index is 1.57. The summed E-state index contributed by atoms with van der Waals surface area (Å²) in [4.78, 5) is 28.9. The average molecular weight is 391 g/mol. The normalized spacial score (nSPS) is 12.9. The molecule has 0 unspecified atom stereocenters. The van der Waals surface area contributed by atoms with E-state index in [-0.39, 0.29) is 18.2 Å². The molecule has 0 atom stereocenters. The first kappa shape index (κ1) is 18.2. The van der Waals surface area contributed by atoms with Crippen LogP contribution in [0, 0.1) is 0 Å². The molecule has 9 heteroatoms. The SMILES string of the molecule is O=C(NNC(=O)c1nc(-c2ccccc2)n(-c2ccccc2)n1)C1=COCCO1. The Kier molecular flexibility index (Phi) is 5.19.